The summed E-state index contributed by atoms with van der Waals surface area (Å²) in [5.74, 6) is -0.435. The molecule has 4 N–H and O–H groups in total. The maximum Gasteiger partial charge on any atom is 0.356 e. The largest absolute Gasteiger partial charge is 0.494 e. The lowest BCUT2D eigenvalue weighted by Crippen LogP contribution is -2.02. The van der Waals surface area contributed by atoms with Crippen LogP contribution in [0.1, 0.15) is 16.7 Å². The topological polar surface area (TPSA) is 104 Å². The van der Waals surface area contributed by atoms with Gasteiger partial charge in [0.15, 0.2) is 5.88 Å². The Morgan fingerprint density at radius 1 is 1.24 bits per heavy atom. The van der Waals surface area contributed by atoms with Crippen molar-refractivity contribution in [2.45, 2.75) is 6.92 Å². The third kappa shape index (κ3) is 3.40. The van der Waals surface area contributed by atoms with E-state index in [2.05, 4.69) is 15.2 Å². The number of carbonyl (C=O) groups is 1. The number of aromatic nitrogens is 1. The van der Waals surface area contributed by atoms with Crippen molar-refractivity contribution in [1.29, 1.82) is 0 Å². The van der Waals surface area contributed by atoms with Gasteiger partial charge in [0, 0.05) is 22.0 Å². The highest BCUT2D eigenvalue weighted by Crippen LogP contribution is 2.32. The van der Waals surface area contributed by atoms with Crippen LogP contribution in [0.2, 0.25) is 0 Å². The van der Waals surface area contributed by atoms with Gasteiger partial charge < -0.3 is 15.8 Å². The van der Waals surface area contributed by atoms with Gasteiger partial charge in [-0.25, -0.2) is 9.18 Å². The van der Waals surface area contributed by atoms with E-state index in [-0.39, 0.29) is 17.4 Å². The summed E-state index contributed by atoms with van der Waals surface area (Å²) in [6.45, 7) is 1.71. The van der Waals surface area contributed by atoms with E-state index in [1.54, 1.807) is 13.0 Å². The van der Waals surface area contributed by atoms with Crippen LogP contribution in [0.5, 0.6) is 5.88 Å². The lowest BCUT2D eigenvalue weighted by Gasteiger charge is -2.06. The van der Waals surface area contributed by atoms with E-state index in [9.17, 15) is 14.3 Å². The Bertz CT molecular complexity index is 1020. The number of fused-ring (bicyclic) bond motifs is 1. The monoisotopic (exact) mass is 338 g/mol. The van der Waals surface area contributed by atoms with Crippen molar-refractivity contribution in [1.82, 2.24) is 4.98 Å². The van der Waals surface area contributed by atoms with Gasteiger partial charge in [0.2, 0.25) is 0 Å². The van der Waals surface area contributed by atoms with Gasteiger partial charge >= 0.3 is 6.03 Å². The van der Waals surface area contributed by atoms with Crippen molar-refractivity contribution in [3.8, 4) is 5.88 Å². The van der Waals surface area contributed by atoms with Crippen LogP contribution < -0.4 is 5.73 Å². The van der Waals surface area contributed by atoms with Gasteiger partial charge in [-0.3, -0.25) is 0 Å². The van der Waals surface area contributed by atoms with E-state index in [0.717, 1.165) is 10.9 Å². The lowest BCUT2D eigenvalue weighted by atomic mass is 10.0. The number of carbonyl (C=O) groups excluding carboxylic acids is 1. The number of hydrogen-bond acceptors (Lipinski definition) is 3. The summed E-state index contributed by atoms with van der Waals surface area (Å²) in [5, 5.41) is 18.2. The molecule has 126 valence electrons. The number of nitrogens with one attached hydrogen (secondary N) is 1. The molecule has 0 unspecified atom stereocenters. The lowest BCUT2D eigenvalue weighted by molar-refractivity contribution is 0.255. The van der Waals surface area contributed by atoms with E-state index in [4.69, 9.17) is 5.73 Å². The number of halogens is 1. The number of hydrogen-bond donors (Lipinski definition) is 3. The van der Waals surface area contributed by atoms with Gasteiger partial charge in [-0.05, 0) is 42.8 Å². The highest BCUT2D eigenvalue weighted by molar-refractivity contribution is 5.97. The Balaban J connectivity index is 2.21. The number of rotatable bonds is 3. The average Bonchev–Trinajstić information content (AvgIpc) is 2.87. The number of primary amides is 1. The van der Waals surface area contributed by atoms with Crippen LogP contribution in [0.4, 0.5) is 9.18 Å². The average molecular weight is 338 g/mol. The van der Waals surface area contributed by atoms with Gasteiger partial charge in [0.25, 0.3) is 0 Å². The molecule has 0 atom stereocenters. The van der Waals surface area contributed by atoms with Crippen LogP contribution in [0.15, 0.2) is 52.7 Å². The van der Waals surface area contributed by atoms with Crippen molar-refractivity contribution in [2.75, 3.05) is 0 Å². The maximum atomic E-state index is 13.4. The Morgan fingerprint density at radius 2 is 2.00 bits per heavy atom. The zero-order valence-corrected chi connectivity index (χ0v) is 13.3. The normalized spacial score (nSPS) is 12.2. The molecule has 0 fully saturated rings. The summed E-state index contributed by atoms with van der Waals surface area (Å²) in [6, 6.07) is 10.5. The van der Waals surface area contributed by atoms with E-state index >= 15 is 0 Å². The molecular weight excluding hydrogens is 323 g/mol. The van der Waals surface area contributed by atoms with Gasteiger partial charge in [0.1, 0.15) is 5.82 Å². The molecule has 25 heavy (non-hydrogen) atoms. The minimum atomic E-state index is -0.950. The molecule has 3 aromatic rings. The van der Waals surface area contributed by atoms with Crippen molar-refractivity contribution >= 4 is 28.7 Å². The molecule has 2 amide bonds. The first kappa shape index (κ1) is 16.4. The summed E-state index contributed by atoms with van der Waals surface area (Å²) in [4.78, 5) is 13.8. The molecule has 1 heterocycles. The Morgan fingerprint density at radius 3 is 2.72 bits per heavy atom. The molecule has 0 bridgehead atoms. The predicted molar refractivity (Wildman–Crippen MR) is 93.4 cm³/mol. The summed E-state index contributed by atoms with van der Waals surface area (Å²) < 4.78 is 13.4. The second kappa shape index (κ2) is 6.56. The summed E-state index contributed by atoms with van der Waals surface area (Å²) in [5.41, 5.74) is 7.71. The molecule has 0 saturated heterocycles. The molecular formula is C18H15FN4O2. The SMILES string of the molecule is Cc1cc(F)ccc1/C(=C/c1c(O)[nH]c2ccccc12)N=NC(N)=O. The third-order valence-electron chi connectivity index (χ3n) is 3.73. The summed E-state index contributed by atoms with van der Waals surface area (Å²) >= 11 is 0. The van der Waals surface area contributed by atoms with Crippen molar-refractivity contribution in [3.63, 3.8) is 0 Å². The van der Waals surface area contributed by atoms with Crippen LogP contribution >= 0.6 is 0 Å². The fraction of sp³-hybridized carbons (Fsp3) is 0.0556. The van der Waals surface area contributed by atoms with E-state index in [0.29, 0.717) is 16.7 Å². The van der Waals surface area contributed by atoms with Gasteiger partial charge in [-0.15, -0.1) is 5.11 Å². The first-order valence-electron chi connectivity index (χ1n) is 7.45. The highest BCUT2D eigenvalue weighted by atomic mass is 19.1. The Kier molecular flexibility index (Phi) is 4.30. The number of aryl methyl sites for hydroxylation is 1. The molecule has 1 aromatic heterocycles. The molecule has 6 nitrogen and oxygen atoms in total. The standard InChI is InChI=1S/C18H15FN4O2/c1-10-8-11(19)6-7-12(10)16(22-23-18(20)25)9-14-13-4-2-3-5-15(13)21-17(14)24/h2-9,21,24H,1H3,(H2,20,25)/b16-9-,23-22?. The number of nitrogens with zero attached hydrogens (tertiary/aromatic N) is 2. The fourth-order valence-corrected chi connectivity index (χ4v) is 2.61. The zero-order valence-electron chi connectivity index (χ0n) is 13.3. The molecule has 7 heteroatoms. The number of H-pyrrole nitrogens is 1. The highest BCUT2D eigenvalue weighted by Gasteiger charge is 2.12. The van der Waals surface area contributed by atoms with Crippen LogP contribution in [0.25, 0.3) is 22.7 Å². The van der Waals surface area contributed by atoms with Gasteiger partial charge in [-0.1, -0.05) is 23.3 Å². The first-order chi connectivity index (χ1) is 12.0. The second-order valence-corrected chi connectivity index (χ2v) is 5.46. The summed E-state index contributed by atoms with van der Waals surface area (Å²) in [7, 11) is 0. The summed E-state index contributed by atoms with van der Waals surface area (Å²) in [6.07, 6.45) is 1.57. The molecule has 2 aromatic carbocycles. The number of urea groups is 1. The molecule has 0 radical (unpaired) electrons. The molecule has 0 aliphatic heterocycles. The van der Waals surface area contributed by atoms with Crippen molar-refractivity contribution in [2.24, 2.45) is 16.0 Å². The number of azo groups is 1. The number of aromatic hydroxyl groups is 1. The van der Waals surface area contributed by atoms with Gasteiger partial charge in [0.05, 0.1) is 5.70 Å². The Labute approximate surface area is 142 Å². The quantitative estimate of drug-likeness (QED) is 0.618. The molecule has 3 rings (SSSR count). The zero-order chi connectivity index (χ0) is 18.0. The number of para-hydroxylation sites is 1. The first-order valence-corrected chi connectivity index (χ1v) is 7.45. The molecule has 0 aliphatic carbocycles. The fourth-order valence-electron chi connectivity index (χ4n) is 2.61. The van der Waals surface area contributed by atoms with E-state index in [1.165, 1.54) is 18.2 Å². The second-order valence-electron chi connectivity index (χ2n) is 5.46. The maximum absolute atomic E-state index is 13.4. The van der Waals surface area contributed by atoms with E-state index in [1.807, 2.05) is 24.3 Å². The van der Waals surface area contributed by atoms with Crippen LogP contribution in [-0.4, -0.2) is 16.1 Å². The molecule has 0 saturated carbocycles. The van der Waals surface area contributed by atoms with Crippen LogP contribution in [0, 0.1) is 12.7 Å². The third-order valence-corrected chi connectivity index (χ3v) is 3.73. The van der Waals surface area contributed by atoms with Crippen molar-refractivity contribution < 1.29 is 14.3 Å². The minimum Gasteiger partial charge on any atom is -0.494 e. The predicted octanol–water partition coefficient (Wildman–Crippen LogP) is 4.35. The Hall–Kier alpha value is -3.48. The number of amides is 2. The number of benzene rings is 2. The van der Waals surface area contributed by atoms with Crippen molar-refractivity contribution in [3.05, 3.63) is 65.0 Å². The van der Waals surface area contributed by atoms with Crippen LogP contribution in [-0.2, 0) is 0 Å². The number of nitrogens with two attached hydrogens (primary N) is 1. The van der Waals surface area contributed by atoms with E-state index < -0.39 is 6.03 Å². The molecule has 0 spiro atoms. The molecule has 0 aliphatic rings. The van der Waals surface area contributed by atoms with Crippen LogP contribution in [0.3, 0.4) is 0 Å². The smallest absolute Gasteiger partial charge is 0.356 e. The van der Waals surface area contributed by atoms with Gasteiger partial charge in [-0.2, -0.15) is 0 Å². The minimum absolute atomic E-state index is 0.0484. The number of aromatic amines is 1.